The number of ether oxygens (including phenoxy) is 1. The first-order valence-electron chi connectivity index (χ1n) is 9.21. The van der Waals surface area contributed by atoms with E-state index in [1.54, 1.807) is 6.92 Å². The van der Waals surface area contributed by atoms with Crippen molar-refractivity contribution in [3.05, 3.63) is 35.9 Å². The van der Waals surface area contributed by atoms with E-state index in [2.05, 4.69) is 10.7 Å². The summed E-state index contributed by atoms with van der Waals surface area (Å²) in [6.07, 6.45) is 1.16. The number of hydrogen-bond acceptors (Lipinski definition) is 5. The van der Waals surface area contributed by atoms with Crippen molar-refractivity contribution < 1.29 is 19.1 Å². The second kappa shape index (κ2) is 8.06. The number of aryl methyl sites for hydroxylation is 1. The number of imide groups is 1. The van der Waals surface area contributed by atoms with Gasteiger partial charge < -0.3 is 10.1 Å². The number of rotatable bonds is 6. The van der Waals surface area contributed by atoms with Gasteiger partial charge in [-0.3, -0.25) is 19.9 Å². The highest BCUT2D eigenvalue weighted by Crippen LogP contribution is 2.22. The summed E-state index contributed by atoms with van der Waals surface area (Å²) in [5.41, 5.74) is 2.50. The summed E-state index contributed by atoms with van der Waals surface area (Å²) in [5, 5.41) is 3.51. The summed E-state index contributed by atoms with van der Waals surface area (Å²) < 4.78 is 5.45. The lowest BCUT2D eigenvalue weighted by Crippen LogP contribution is -2.53. The maximum Gasteiger partial charge on any atom is 0.344 e. The Bertz CT molecular complexity index is 711. The van der Waals surface area contributed by atoms with E-state index < -0.39 is 17.5 Å². The third-order valence-electron chi connectivity index (χ3n) is 4.95. The Morgan fingerprint density at radius 1 is 1.33 bits per heavy atom. The zero-order chi connectivity index (χ0) is 19.4. The van der Waals surface area contributed by atoms with E-state index in [0.29, 0.717) is 32.5 Å². The molecule has 0 radical (unpaired) electrons. The number of nitrogens with one attached hydrogen (secondary N) is 2. The summed E-state index contributed by atoms with van der Waals surface area (Å²) >= 11 is 0. The first kappa shape index (κ1) is 19.3. The molecule has 2 aliphatic heterocycles. The van der Waals surface area contributed by atoms with Crippen LogP contribution in [0.3, 0.4) is 0 Å². The molecule has 2 aliphatic rings. The Labute approximate surface area is 158 Å². The number of carbonyl (C=O) groups is 3. The van der Waals surface area contributed by atoms with Crippen LogP contribution in [-0.4, -0.2) is 65.6 Å². The Morgan fingerprint density at radius 2 is 2.07 bits per heavy atom. The number of morpholine rings is 1. The minimum Gasteiger partial charge on any atom is -0.376 e. The second-order valence-corrected chi connectivity index (χ2v) is 7.34. The lowest BCUT2D eigenvalue weighted by Gasteiger charge is -2.30. The van der Waals surface area contributed by atoms with Crippen molar-refractivity contribution in [2.45, 2.75) is 38.3 Å². The summed E-state index contributed by atoms with van der Waals surface area (Å²) in [4.78, 5) is 39.2. The van der Waals surface area contributed by atoms with Crippen molar-refractivity contribution in [2.24, 2.45) is 0 Å². The molecule has 0 aliphatic carbocycles. The molecular formula is C19H26N4O4. The number of hydrazine groups is 1. The molecule has 2 N–H and O–H groups in total. The monoisotopic (exact) mass is 374 g/mol. The molecule has 2 unspecified atom stereocenters. The van der Waals surface area contributed by atoms with Crippen molar-refractivity contribution >= 4 is 17.8 Å². The van der Waals surface area contributed by atoms with Gasteiger partial charge in [0.05, 0.1) is 19.3 Å². The molecule has 1 aromatic rings. The molecule has 0 aromatic heterocycles. The van der Waals surface area contributed by atoms with Crippen LogP contribution < -0.4 is 10.7 Å². The van der Waals surface area contributed by atoms with E-state index in [9.17, 15) is 14.4 Å². The van der Waals surface area contributed by atoms with Crippen LogP contribution in [0.2, 0.25) is 0 Å². The van der Waals surface area contributed by atoms with E-state index >= 15 is 0 Å². The van der Waals surface area contributed by atoms with Crippen molar-refractivity contribution in [3.8, 4) is 0 Å². The van der Waals surface area contributed by atoms with Crippen molar-refractivity contribution in [3.63, 3.8) is 0 Å². The highest BCUT2D eigenvalue weighted by Gasteiger charge is 2.48. The largest absolute Gasteiger partial charge is 0.376 e. The van der Waals surface area contributed by atoms with Gasteiger partial charge >= 0.3 is 6.03 Å². The average Bonchev–Trinajstić information content (AvgIpc) is 2.84. The third kappa shape index (κ3) is 4.64. The topological polar surface area (TPSA) is 91.0 Å². The Morgan fingerprint density at radius 3 is 2.78 bits per heavy atom. The zero-order valence-corrected chi connectivity index (χ0v) is 15.7. The van der Waals surface area contributed by atoms with E-state index in [1.807, 2.05) is 42.2 Å². The number of carbonyl (C=O) groups excluding carboxylic acids is 3. The molecule has 3 rings (SSSR count). The quantitative estimate of drug-likeness (QED) is 0.715. The standard InChI is InChI=1S/C19H26N4O4/c1-14-12-22(10-11-27-14)13-16(24)21-23-17(25)19(2,20-18(23)26)9-8-15-6-4-3-5-7-15/h3-7,14H,8-13H2,1-2H3,(H,20,26)(H,21,24). The molecule has 0 saturated carbocycles. The van der Waals surface area contributed by atoms with Gasteiger partial charge in [0, 0.05) is 13.1 Å². The van der Waals surface area contributed by atoms with E-state index in [4.69, 9.17) is 4.74 Å². The zero-order valence-electron chi connectivity index (χ0n) is 15.7. The van der Waals surface area contributed by atoms with Gasteiger partial charge in [-0.25, -0.2) is 4.79 Å². The maximum absolute atomic E-state index is 12.7. The van der Waals surface area contributed by atoms with Gasteiger partial charge in [0.15, 0.2) is 0 Å². The highest BCUT2D eigenvalue weighted by molar-refractivity contribution is 6.07. The fourth-order valence-electron chi connectivity index (χ4n) is 3.39. The molecule has 1 aromatic carbocycles. The van der Waals surface area contributed by atoms with Gasteiger partial charge in [-0.1, -0.05) is 30.3 Å². The van der Waals surface area contributed by atoms with E-state index in [-0.39, 0.29) is 18.6 Å². The normalized spacial score (nSPS) is 26.1. The van der Waals surface area contributed by atoms with Crippen LogP contribution in [0.25, 0.3) is 0 Å². The average molecular weight is 374 g/mol. The lowest BCUT2D eigenvalue weighted by atomic mass is 9.93. The lowest BCUT2D eigenvalue weighted by molar-refractivity contribution is -0.139. The minimum absolute atomic E-state index is 0.0598. The van der Waals surface area contributed by atoms with Crippen LogP contribution in [0.4, 0.5) is 4.79 Å². The molecule has 2 fully saturated rings. The summed E-state index contributed by atoms with van der Waals surface area (Å²) in [7, 11) is 0. The van der Waals surface area contributed by atoms with Crippen molar-refractivity contribution in [1.82, 2.24) is 20.7 Å². The van der Waals surface area contributed by atoms with Gasteiger partial charge in [0.1, 0.15) is 5.54 Å². The van der Waals surface area contributed by atoms with Crippen LogP contribution in [0.5, 0.6) is 0 Å². The van der Waals surface area contributed by atoms with Gasteiger partial charge in [-0.15, -0.1) is 0 Å². The minimum atomic E-state index is -1.03. The Hall–Kier alpha value is -2.45. The molecule has 8 heteroatoms. The second-order valence-electron chi connectivity index (χ2n) is 7.34. The van der Waals surface area contributed by atoms with Gasteiger partial charge in [-0.05, 0) is 32.3 Å². The predicted molar refractivity (Wildman–Crippen MR) is 98.5 cm³/mol. The highest BCUT2D eigenvalue weighted by atomic mass is 16.5. The van der Waals surface area contributed by atoms with Crippen LogP contribution in [0, 0.1) is 0 Å². The van der Waals surface area contributed by atoms with Crippen LogP contribution in [0.15, 0.2) is 30.3 Å². The van der Waals surface area contributed by atoms with E-state index in [0.717, 1.165) is 10.6 Å². The maximum atomic E-state index is 12.7. The fraction of sp³-hybridized carbons (Fsp3) is 0.526. The molecule has 2 heterocycles. The summed E-state index contributed by atoms with van der Waals surface area (Å²) in [6.45, 7) is 5.60. The van der Waals surface area contributed by atoms with E-state index in [1.165, 1.54) is 0 Å². The molecule has 0 bridgehead atoms. The number of amides is 4. The van der Waals surface area contributed by atoms with Crippen molar-refractivity contribution in [1.29, 1.82) is 0 Å². The molecular weight excluding hydrogens is 348 g/mol. The first-order chi connectivity index (χ1) is 12.9. The molecule has 146 valence electrons. The smallest absolute Gasteiger partial charge is 0.344 e. The number of nitrogens with zero attached hydrogens (tertiary/aromatic N) is 2. The molecule has 27 heavy (non-hydrogen) atoms. The van der Waals surface area contributed by atoms with Crippen molar-refractivity contribution in [2.75, 3.05) is 26.2 Å². The molecule has 2 saturated heterocycles. The summed E-state index contributed by atoms with van der Waals surface area (Å²) in [6, 6.07) is 9.16. The van der Waals surface area contributed by atoms with Crippen LogP contribution in [0.1, 0.15) is 25.8 Å². The number of hydrogen-bond donors (Lipinski definition) is 2. The Kier molecular flexibility index (Phi) is 5.76. The van der Waals surface area contributed by atoms with Gasteiger partial charge in [0.25, 0.3) is 11.8 Å². The van der Waals surface area contributed by atoms with Gasteiger partial charge in [0.2, 0.25) is 0 Å². The molecule has 4 amide bonds. The number of urea groups is 1. The predicted octanol–water partition coefficient (Wildman–Crippen LogP) is 0.682. The van der Waals surface area contributed by atoms with Crippen LogP contribution in [-0.2, 0) is 20.7 Å². The number of benzene rings is 1. The molecule has 8 nitrogen and oxygen atoms in total. The third-order valence-corrected chi connectivity index (χ3v) is 4.95. The summed E-state index contributed by atoms with van der Waals surface area (Å²) in [5.74, 6) is -0.827. The van der Waals surface area contributed by atoms with Crippen LogP contribution >= 0.6 is 0 Å². The fourth-order valence-corrected chi connectivity index (χ4v) is 3.39. The molecule has 2 atom stereocenters. The first-order valence-corrected chi connectivity index (χ1v) is 9.21. The molecule has 0 spiro atoms. The Balaban J connectivity index is 1.55. The van der Waals surface area contributed by atoms with Gasteiger partial charge in [-0.2, -0.15) is 5.01 Å². The SMILES string of the molecule is CC1CN(CC(=O)NN2C(=O)NC(C)(CCc3ccccc3)C2=O)CCO1.